The second-order valence-corrected chi connectivity index (χ2v) is 9.65. The molecule has 0 aromatic heterocycles. The molecule has 0 saturated carbocycles. The molecule has 5 rings (SSSR count). The summed E-state index contributed by atoms with van der Waals surface area (Å²) in [5, 5.41) is 9.05. The molecule has 6 heteroatoms. The van der Waals surface area contributed by atoms with Crippen molar-refractivity contribution in [2.24, 2.45) is 0 Å². The Morgan fingerprint density at radius 3 is 2.24 bits per heavy atom. The number of anilines is 2. The molecule has 0 fully saturated rings. The molecule has 0 heterocycles. The summed E-state index contributed by atoms with van der Waals surface area (Å²) in [6.45, 7) is 1.17. The number of carbonyl (C=O) groups is 2. The number of methoxy groups -OCH3 is 1. The lowest BCUT2D eigenvalue weighted by Crippen LogP contribution is -2.33. The smallest absolute Gasteiger partial charge is 0.328 e. The summed E-state index contributed by atoms with van der Waals surface area (Å²) in [6.07, 6.45) is 0.379. The number of ether oxygens (including phenoxy) is 2. The minimum absolute atomic E-state index is 0.117. The Kier molecular flexibility index (Phi) is 8.91. The zero-order valence-electron chi connectivity index (χ0n) is 22.9. The van der Waals surface area contributed by atoms with Crippen LogP contribution >= 0.6 is 0 Å². The lowest BCUT2D eigenvalue weighted by Gasteiger charge is -2.20. The van der Waals surface area contributed by atoms with Crippen molar-refractivity contribution in [2.45, 2.75) is 12.5 Å². The molecule has 6 nitrogen and oxygen atoms in total. The largest absolute Gasteiger partial charge is 0.492 e. The van der Waals surface area contributed by atoms with Crippen molar-refractivity contribution in [3.63, 3.8) is 0 Å². The minimum Gasteiger partial charge on any atom is -0.492 e. The molecule has 5 aromatic carbocycles. The van der Waals surface area contributed by atoms with Gasteiger partial charge in [-0.1, -0.05) is 84.9 Å². The number of ketones is 1. The molecule has 0 radical (unpaired) electrons. The summed E-state index contributed by atoms with van der Waals surface area (Å²) in [5.41, 5.74) is 3.64. The van der Waals surface area contributed by atoms with Gasteiger partial charge < -0.3 is 20.1 Å². The maximum atomic E-state index is 13.2. The highest BCUT2D eigenvalue weighted by Crippen LogP contribution is 2.23. The monoisotopic (exact) mass is 544 g/mol. The average Bonchev–Trinajstić information content (AvgIpc) is 3.03. The minimum atomic E-state index is -0.678. The van der Waals surface area contributed by atoms with Gasteiger partial charge in [0.05, 0.1) is 7.11 Å². The second kappa shape index (κ2) is 13.3. The van der Waals surface area contributed by atoms with Gasteiger partial charge in [-0.2, -0.15) is 0 Å². The molecule has 41 heavy (non-hydrogen) atoms. The Morgan fingerprint density at radius 2 is 1.46 bits per heavy atom. The summed E-state index contributed by atoms with van der Waals surface area (Å²) in [4.78, 5) is 25.9. The summed E-state index contributed by atoms with van der Waals surface area (Å²) in [6, 6.07) is 37.8. The molecule has 0 aliphatic heterocycles. The van der Waals surface area contributed by atoms with Crippen LogP contribution in [0.15, 0.2) is 121 Å². The van der Waals surface area contributed by atoms with E-state index in [1.54, 1.807) is 24.3 Å². The van der Waals surface area contributed by atoms with E-state index < -0.39 is 12.0 Å². The standard InChI is InChI=1S/C35H32N2O4/c1-40-35(39)33(37-32-14-8-7-13-31(32)34(38)27-10-3-2-4-11-27)23-25-15-19-30(20-16-25)41-22-21-36-29-18-17-26-9-5-6-12-28(26)24-29/h2-20,24,33,36-37H,21-23H2,1H3. The molecule has 5 aromatic rings. The van der Waals surface area contributed by atoms with Crippen molar-refractivity contribution in [1.82, 2.24) is 0 Å². The maximum absolute atomic E-state index is 13.2. The van der Waals surface area contributed by atoms with Crippen molar-refractivity contribution in [1.29, 1.82) is 0 Å². The molecule has 0 bridgehead atoms. The van der Waals surface area contributed by atoms with Gasteiger partial charge in [0.15, 0.2) is 5.78 Å². The Morgan fingerprint density at radius 1 is 0.756 bits per heavy atom. The van der Waals surface area contributed by atoms with Crippen molar-refractivity contribution in [3.05, 3.63) is 138 Å². The predicted molar refractivity (Wildman–Crippen MR) is 164 cm³/mol. The number of hydrogen-bond donors (Lipinski definition) is 2. The zero-order chi connectivity index (χ0) is 28.4. The maximum Gasteiger partial charge on any atom is 0.328 e. The van der Waals surface area contributed by atoms with Gasteiger partial charge in [0.2, 0.25) is 0 Å². The van der Waals surface area contributed by atoms with E-state index in [-0.39, 0.29) is 5.78 Å². The molecule has 0 spiro atoms. The highest BCUT2D eigenvalue weighted by atomic mass is 16.5. The van der Waals surface area contributed by atoms with Gasteiger partial charge in [-0.05, 0) is 52.7 Å². The molecule has 0 saturated heterocycles. The van der Waals surface area contributed by atoms with Crippen LogP contribution in [0.3, 0.4) is 0 Å². The van der Waals surface area contributed by atoms with Crippen LogP contribution in [0.4, 0.5) is 11.4 Å². The van der Waals surface area contributed by atoms with E-state index in [0.717, 1.165) is 17.0 Å². The molecular weight excluding hydrogens is 512 g/mol. The van der Waals surface area contributed by atoms with E-state index in [1.807, 2.05) is 66.7 Å². The van der Waals surface area contributed by atoms with Crippen LogP contribution in [0.2, 0.25) is 0 Å². The van der Waals surface area contributed by atoms with Crippen LogP contribution in [-0.4, -0.2) is 38.1 Å². The van der Waals surface area contributed by atoms with Crippen molar-refractivity contribution in [3.8, 4) is 5.75 Å². The number of hydrogen-bond acceptors (Lipinski definition) is 6. The topological polar surface area (TPSA) is 76.7 Å². The molecule has 0 aliphatic rings. The summed E-state index contributed by atoms with van der Waals surface area (Å²) < 4.78 is 11.0. The molecule has 0 aliphatic carbocycles. The molecule has 2 N–H and O–H groups in total. The Hall–Kier alpha value is -5.10. The Balaban J connectivity index is 1.18. The third-order valence-corrected chi connectivity index (χ3v) is 6.84. The first kappa shape index (κ1) is 27.5. The first-order valence-electron chi connectivity index (χ1n) is 13.6. The number of fused-ring (bicyclic) bond motifs is 1. The molecule has 0 amide bonds. The van der Waals surface area contributed by atoms with Crippen molar-refractivity contribution >= 4 is 33.9 Å². The van der Waals surface area contributed by atoms with Gasteiger partial charge in [0.25, 0.3) is 0 Å². The van der Waals surface area contributed by atoms with Gasteiger partial charge in [0, 0.05) is 35.5 Å². The number of rotatable bonds is 12. The number of nitrogens with one attached hydrogen (secondary N) is 2. The highest BCUT2D eigenvalue weighted by Gasteiger charge is 2.22. The molecule has 206 valence electrons. The van der Waals surface area contributed by atoms with E-state index in [0.29, 0.717) is 36.4 Å². The van der Waals surface area contributed by atoms with Crippen molar-refractivity contribution in [2.75, 3.05) is 30.9 Å². The first-order chi connectivity index (χ1) is 20.1. The number of esters is 1. The van der Waals surface area contributed by atoms with Gasteiger partial charge in [-0.3, -0.25) is 4.79 Å². The van der Waals surface area contributed by atoms with Gasteiger partial charge in [-0.15, -0.1) is 0 Å². The number of benzene rings is 5. The highest BCUT2D eigenvalue weighted by molar-refractivity contribution is 6.12. The van der Waals surface area contributed by atoms with Crippen LogP contribution in [-0.2, 0) is 16.0 Å². The summed E-state index contributed by atoms with van der Waals surface area (Å²) in [7, 11) is 1.36. The molecule has 1 atom stereocenters. The van der Waals surface area contributed by atoms with Crippen molar-refractivity contribution < 1.29 is 19.1 Å². The van der Waals surface area contributed by atoms with Crippen LogP contribution in [0.1, 0.15) is 21.5 Å². The van der Waals surface area contributed by atoms with Gasteiger partial charge in [0.1, 0.15) is 18.4 Å². The van der Waals surface area contributed by atoms with Crippen LogP contribution in [0.25, 0.3) is 10.8 Å². The first-order valence-corrected chi connectivity index (χ1v) is 13.6. The van der Waals surface area contributed by atoms with E-state index >= 15 is 0 Å². The fourth-order valence-corrected chi connectivity index (χ4v) is 4.70. The fourth-order valence-electron chi connectivity index (χ4n) is 4.70. The Bertz CT molecular complexity index is 1620. The molecular formula is C35H32N2O4. The van der Waals surface area contributed by atoms with Crippen LogP contribution < -0.4 is 15.4 Å². The van der Waals surface area contributed by atoms with E-state index in [9.17, 15) is 9.59 Å². The number of para-hydroxylation sites is 1. The third-order valence-electron chi connectivity index (χ3n) is 6.84. The molecule has 1 unspecified atom stereocenters. The lowest BCUT2D eigenvalue weighted by molar-refractivity contribution is -0.141. The summed E-state index contributed by atoms with van der Waals surface area (Å²) >= 11 is 0. The fraction of sp³-hybridized carbons (Fsp3) is 0.143. The second-order valence-electron chi connectivity index (χ2n) is 9.65. The quantitative estimate of drug-likeness (QED) is 0.103. The summed E-state index contributed by atoms with van der Waals surface area (Å²) in [5.74, 6) is 0.219. The third kappa shape index (κ3) is 7.11. The Labute approximate surface area is 239 Å². The normalized spacial score (nSPS) is 11.4. The van der Waals surface area contributed by atoms with E-state index in [1.165, 1.54) is 17.9 Å². The predicted octanol–water partition coefficient (Wildman–Crippen LogP) is 6.76. The van der Waals surface area contributed by atoms with Gasteiger partial charge in [-0.25, -0.2) is 4.79 Å². The lowest BCUT2D eigenvalue weighted by atomic mass is 10.00. The van der Waals surface area contributed by atoms with Crippen LogP contribution in [0, 0.1) is 0 Å². The van der Waals surface area contributed by atoms with Gasteiger partial charge >= 0.3 is 5.97 Å². The SMILES string of the molecule is COC(=O)C(Cc1ccc(OCCNc2ccc3ccccc3c2)cc1)Nc1ccccc1C(=O)c1ccccc1. The zero-order valence-corrected chi connectivity index (χ0v) is 22.9. The average molecular weight is 545 g/mol. The number of carbonyl (C=O) groups excluding carboxylic acids is 2. The van der Waals surface area contributed by atoms with E-state index in [2.05, 4.69) is 41.0 Å². The van der Waals surface area contributed by atoms with E-state index in [4.69, 9.17) is 9.47 Å². The van der Waals surface area contributed by atoms with Crippen LogP contribution in [0.5, 0.6) is 5.75 Å².